The Labute approximate surface area is 144 Å². The van der Waals surface area contributed by atoms with Crippen LogP contribution in [0.4, 0.5) is 5.69 Å². The molecule has 1 heterocycles. The molecule has 120 valence electrons. The first kappa shape index (κ1) is 15.9. The van der Waals surface area contributed by atoms with Crippen molar-refractivity contribution in [1.29, 1.82) is 5.26 Å². The Hall–Kier alpha value is -2.97. The molecule has 0 aliphatic heterocycles. The van der Waals surface area contributed by atoms with Crippen LogP contribution in [0.25, 0.3) is 10.9 Å². The molecule has 0 unspecified atom stereocenters. The lowest BCUT2D eigenvalue weighted by Gasteiger charge is -2.09. The Morgan fingerprint density at radius 3 is 2.83 bits per heavy atom. The van der Waals surface area contributed by atoms with Crippen molar-refractivity contribution in [3.8, 4) is 11.8 Å². The van der Waals surface area contributed by atoms with Gasteiger partial charge in [-0.05, 0) is 24.3 Å². The number of nitriles is 1. The van der Waals surface area contributed by atoms with E-state index in [9.17, 15) is 10.1 Å². The Morgan fingerprint density at radius 2 is 2.12 bits per heavy atom. The number of nitrogens with one attached hydrogen (secondary N) is 1. The lowest BCUT2D eigenvalue weighted by atomic mass is 10.2. The summed E-state index contributed by atoms with van der Waals surface area (Å²) < 4.78 is 6.84. The molecule has 1 aromatic heterocycles. The van der Waals surface area contributed by atoms with Crippen molar-refractivity contribution in [2.75, 3.05) is 12.4 Å². The predicted octanol–water partition coefficient (Wildman–Crippen LogP) is 3.81. The van der Waals surface area contributed by atoms with Gasteiger partial charge in [-0.1, -0.05) is 29.8 Å². The van der Waals surface area contributed by atoms with Crippen LogP contribution in [0.1, 0.15) is 5.56 Å². The monoisotopic (exact) mass is 339 g/mol. The topological polar surface area (TPSA) is 67.0 Å². The number of para-hydroxylation sites is 1. The minimum Gasteiger partial charge on any atom is -0.495 e. The molecule has 24 heavy (non-hydrogen) atoms. The zero-order valence-electron chi connectivity index (χ0n) is 12.9. The minimum atomic E-state index is -0.207. The maximum atomic E-state index is 12.3. The summed E-state index contributed by atoms with van der Waals surface area (Å²) in [6, 6.07) is 14.7. The van der Waals surface area contributed by atoms with Gasteiger partial charge in [0.1, 0.15) is 18.4 Å². The summed E-state index contributed by atoms with van der Waals surface area (Å²) in [6.07, 6.45) is 1.69. The molecule has 6 heteroatoms. The largest absolute Gasteiger partial charge is 0.495 e. The molecule has 0 spiro atoms. The lowest BCUT2D eigenvalue weighted by molar-refractivity contribution is -0.116. The molecule has 3 rings (SSSR count). The van der Waals surface area contributed by atoms with Gasteiger partial charge in [0.2, 0.25) is 5.91 Å². The molecule has 0 saturated carbocycles. The van der Waals surface area contributed by atoms with Crippen molar-refractivity contribution in [3.05, 3.63) is 59.2 Å². The summed E-state index contributed by atoms with van der Waals surface area (Å²) in [5.74, 6) is 0.339. The fraction of sp³-hybridized carbons (Fsp3) is 0.111. The van der Waals surface area contributed by atoms with Gasteiger partial charge in [-0.15, -0.1) is 0 Å². The van der Waals surface area contributed by atoms with Gasteiger partial charge in [-0.2, -0.15) is 5.26 Å². The van der Waals surface area contributed by atoms with Crippen LogP contribution in [0, 0.1) is 11.3 Å². The van der Waals surface area contributed by atoms with Gasteiger partial charge in [0.05, 0.1) is 17.7 Å². The minimum absolute atomic E-state index is 0.103. The SMILES string of the molecule is COc1ccc(NC(=O)Cn2cc(C#N)c3ccccc32)cc1Cl. The van der Waals surface area contributed by atoms with Crippen LogP contribution in [0.5, 0.6) is 5.75 Å². The number of halogens is 1. The number of nitrogens with zero attached hydrogens (tertiary/aromatic N) is 2. The fourth-order valence-electron chi connectivity index (χ4n) is 2.57. The quantitative estimate of drug-likeness (QED) is 0.785. The molecule has 0 atom stereocenters. The van der Waals surface area contributed by atoms with Crippen molar-refractivity contribution < 1.29 is 9.53 Å². The normalized spacial score (nSPS) is 10.4. The van der Waals surface area contributed by atoms with Gasteiger partial charge >= 0.3 is 0 Å². The molecule has 0 saturated heterocycles. The van der Waals surface area contributed by atoms with Gasteiger partial charge in [0, 0.05) is 22.8 Å². The van der Waals surface area contributed by atoms with Crippen LogP contribution < -0.4 is 10.1 Å². The summed E-state index contributed by atoms with van der Waals surface area (Å²) in [6.45, 7) is 0.103. The number of amides is 1. The molecule has 0 aliphatic rings. The molecule has 1 amide bonds. The summed E-state index contributed by atoms with van der Waals surface area (Å²) in [4.78, 5) is 12.3. The highest BCUT2D eigenvalue weighted by atomic mass is 35.5. The van der Waals surface area contributed by atoms with E-state index in [0.717, 1.165) is 10.9 Å². The molecule has 1 N–H and O–H groups in total. The molecule has 5 nitrogen and oxygen atoms in total. The van der Waals surface area contributed by atoms with E-state index in [4.69, 9.17) is 16.3 Å². The summed E-state index contributed by atoms with van der Waals surface area (Å²) in [5, 5.41) is 13.3. The number of anilines is 1. The average molecular weight is 340 g/mol. The number of carbonyl (C=O) groups excluding carboxylic acids is 1. The van der Waals surface area contributed by atoms with Crippen molar-refractivity contribution in [1.82, 2.24) is 4.57 Å². The highest BCUT2D eigenvalue weighted by Crippen LogP contribution is 2.27. The number of hydrogen-bond donors (Lipinski definition) is 1. The second-order valence-corrected chi connectivity index (χ2v) is 5.60. The van der Waals surface area contributed by atoms with Crippen molar-refractivity contribution >= 4 is 34.1 Å². The third kappa shape index (κ3) is 3.05. The smallest absolute Gasteiger partial charge is 0.244 e. The number of hydrogen-bond acceptors (Lipinski definition) is 3. The van der Waals surface area contributed by atoms with Crippen LogP contribution in [0.15, 0.2) is 48.7 Å². The second kappa shape index (κ2) is 6.65. The van der Waals surface area contributed by atoms with Crippen LogP contribution in [0.2, 0.25) is 5.02 Å². The first-order valence-electron chi connectivity index (χ1n) is 7.23. The van der Waals surface area contributed by atoms with Crippen molar-refractivity contribution in [2.24, 2.45) is 0 Å². The van der Waals surface area contributed by atoms with Gasteiger partial charge in [0.25, 0.3) is 0 Å². The number of carbonyl (C=O) groups is 1. The van der Waals surface area contributed by atoms with E-state index >= 15 is 0 Å². The Kier molecular flexibility index (Phi) is 4.41. The van der Waals surface area contributed by atoms with Gasteiger partial charge in [0.15, 0.2) is 0 Å². The number of fused-ring (bicyclic) bond motifs is 1. The molecule has 2 aromatic carbocycles. The third-order valence-electron chi connectivity index (χ3n) is 3.66. The first-order valence-corrected chi connectivity index (χ1v) is 7.61. The number of rotatable bonds is 4. The Bertz CT molecular complexity index is 957. The Balaban J connectivity index is 1.81. The number of benzene rings is 2. The van der Waals surface area contributed by atoms with E-state index < -0.39 is 0 Å². The number of ether oxygens (including phenoxy) is 1. The zero-order chi connectivity index (χ0) is 17.1. The van der Waals surface area contributed by atoms with E-state index in [1.54, 1.807) is 29.0 Å². The van der Waals surface area contributed by atoms with E-state index in [1.165, 1.54) is 7.11 Å². The molecule has 0 radical (unpaired) electrons. The summed E-state index contributed by atoms with van der Waals surface area (Å²) >= 11 is 6.06. The fourth-order valence-corrected chi connectivity index (χ4v) is 2.82. The number of aromatic nitrogens is 1. The Morgan fingerprint density at radius 1 is 1.33 bits per heavy atom. The summed E-state index contributed by atoms with van der Waals surface area (Å²) in [5.41, 5.74) is 1.98. The average Bonchev–Trinajstić information content (AvgIpc) is 2.93. The van der Waals surface area contributed by atoms with Gasteiger partial charge in [-0.3, -0.25) is 4.79 Å². The molecular formula is C18H14ClN3O2. The van der Waals surface area contributed by atoms with Crippen molar-refractivity contribution in [2.45, 2.75) is 6.54 Å². The number of methoxy groups -OCH3 is 1. The standard InChI is InChI=1S/C18H14ClN3O2/c1-24-17-7-6-13(8-15(17)19)21-18(23)11-22-10-12(9-20)14-4-2-3-5-16(14)22/h2-8,10H,11H2,1H3,(H,21,23). The van der Waals surface area contributed by atoms with Crippen molar-refractivity contribution in [3.63, 3.8) is 0 Å². The molecule has 0 aliphatic carbocycles. The maximum absolute atomic E-state index is 12.3. The second-order valence-electron chi connectivity index (χ2n) is 5.20. The van der Waals surface area contributed by atoms with Crippen LogP contribution in [0.3, 0.4) is 0 Å². The maximum Gasteiger partial charge on any atom is 0.244 e. The van der Waals surface area contributed by atoms with Gasteiger partial charge < -0.3 is 14.6 Å². The first-order chi connectivity index (χ1) is 11.6. The highest BCUT2D eigenvalue weighted by Gasteiger charge is 2.11. The van der Waals surface area contributed by atoms with Gasteiger partial charge in [-0.25, -0.2) is 0 Å². The van der Waals surface area contributed by atoms with E-state index in [2.05, 4.69) is 11.4 Å². The van der Waals surface area contributed by atoms with Crippen LogP contribution >= 0.6 is 11.6 Å². The predicted molar refractivity (Wildman–Crippen MR) is 93.3 cm³/mol. The third-order valence-corrected chi connectivity index (χ3v) is 3.95. The molecule has 3 aromatic rings. The van der Waals surface area contributed by atoms with Crippen LogP contribution in [-0.2, 0) is 11.3 Å². The molecule has 0 bridgehead atoms. The molecule has 0 fully saturated rings. The highest BCUT2D eigenvalue weighted by molar-refractivity contribution is 6.32. The van der Waals surface area contributed by atoms with E-state index in [-0.39, 0.29) is 12.5 Å². The lowest BCUT2D eigenvalue weighted by Crippen LogP contribution is -2.18. The van der Waals surface area contributed by atoms with E-state index in [1.807, 2.05) is 24.3 Å². The van der Waals surface area contributed by atoms with E-state index in [0.29, 0.717) is 22.0 Å². The van der Waals surface area contributed by atoms with Crippen LogP contribution in [-0.4, -0.2) is 17.6 Å². The zero-order valence-corrected chi connectivity index (χ0v) is 13.7. The molecular weight excluding hydrogens is 326 g/mol. The summed E-state index contributed by atoms with van der Waals surface area (Å²) in [7, 11) is 1.53.